The van der Waals surface area contributed by atoms with Crippen LogP contribution in [0.4, 0.5) is 0 Å². The molecule has 0 saturated heterocycles. The van der Waals surface area contributed by atoms with Crippen LogP contribution in [0, 0.1) is 0 Å². The molecule has 74 valence electrons. The van der Waals surface area contributed by atoms with Crippen LogP contribution < -0.4 is 0 Å². The minimum absolute atomic E-state index is 0.0694. The smallest absolute Gasteiger partial charge is 0.359 e. The summed E-state index contributed by atoms with van der Waals surface area (Å²) < 4.78 is 5.13. The van der Waals surface area contributed by atoms with Crippen molar-refractivity contribution in [1.29, 1.82) is 0 Å². The summed E-state index contributed by atoms with van der Waals surface area (Å²) in [4.78, 5) is 11.4. The molecule has 5 heteroatoms. The van der Waals surface area contributed by atoms with Crippen LogP contribution in [-0.2, 0) is 4.74 Å². The maximum atomic E-state index is 11.4. The van der Waals surface area contributed by atoms with E-state index < -0.39 is 5.97 Å². The Labute approximate surface area is 86.2 Å². The van der Waals surface area contributed by atoms with Crippen LogP contribution in [0.2, 0.25) is 5.15 Å². The van der Waals surface area contributed by atoms with Crippen molar-refractivity contribution in [3.8, 4) is 0 Å². The Bertz CT molecular complexity index is 335. The second-order valence-corrected chi connectivity index (χ2v) is 3.59. The van der Waals surface area contributed by atoms with Crippen LogP contribution in [0.3, 0.4) is 0 Å². The predicted octanol–water partition coefficient (Wildman–Crippen LogP) is 1.84. The standard InChI is InChI=1S/C9H9ClN2O2/c10-8-5-4-7(11-12-8)9(13)14-6-2-1-3-6/h4-6H,1-3H2. The summed E-state index contributed by atoms with van der Waals surface area (Å²) in [7, 11) is 0. The van der Waals surface area contributed by atoms with Crippen molar-refractivity contribution in [1.82, 2.24) is 10.2 Å². The molecule has 0 spiro atoms. The molecule has 1 aliphatic carbocycles. The van der Waals surface area contributed by atoms with Crippen LogP contribution in [0.5, 0.6) is 0 Å². The van der Waals surface area contributed by atoms with Crippen LogP contribution >= 0.6 is 11.6 Å². The fraction of sp³-hybridized carbons (Fsp3) is 0.444. The van der Waals surface area contributed by atoms with Crippen molar-refractivity contribution in [2.45, 2.75) is 25.4 Å². The zero-order valence-electron chi connectivity index (χ0n) is 7.44. The Hall–Kier alpha value is -1.16. The van der Waals surface area contributed by atoms with E-state index in [4.69, 9.17) is 16.3 Å². The third kappa shape index (κ3) is 2.01. The molecular weight excluding hydrogens is 204 g/mol. The van der Waals surface area contributed by atoms with E-state index in [1.807, 2.05) is 0 Å². The van der Waals surface area contributed by atoms with E-state index in [0.717, 1.165) is 19.3 Å². The molecule has 4 nitrogen and oxygen atoms in total. The number of carbonyl (C=O) groups is 1. The van der Waals surface area contributed by atoms with Gasteiger partial charge in [-0.1, -0.05) is 11.6 Å². The van der Waals surface area contributed by atoms with Gasteiger partial charge < -0.3 is 4.74 Å². The lowest BCUT2D eigenvalue weighted by Crippen LogP contribution is -2.25. The minimum atomic E-state index is -0.418. The first-order valence-corrected chi connectivity index (χ1v) is 4.84. The van der Waals surface area contributed by atoms with Crippen LogP contribution in [-0.4, -0.2) is 22.3 Å². The van der Waals surface area contributed by atoms with Crippen molar-refractivity contribution in [3.05, 3.63) is 23.0 Å². The Balaban J connectivity index is 1.99. The maximum absolute atomic E-state index is 11.4. The molecule has 0 bridgehead atoms. The average molecular weight is 213 g/mol. The van der Waals surface area contributed by atoms with Gasteiger partial charge in [-0.15, -0.1) is 10.2 Å². The summed E-state index contributed by atoms with van der Waals surface area (Å²) in [6, 6.07) is 3.03. The molecule has 0 aliphatic heterocycles. The van der Waals surface area contributed by atoms with E-state index in [1.54, 1.807) is 0 Å². The minimum Gasteiger partial charge on any atom is -0.458 e. The number of halogens is 1. The summed E-state index contributed by atoms with van der Waals surface area (Å²) in [5.74, 6) is -0.418. The summed E-state index contributed by atoms with van der Waals surface area (Å²) >= 11 is 5.53. The van der Waals surface area contributed by atoms with Gasteiger partial charge in [0.15, 0.2) is 10.8 Å². The molecular formula is C9H9ClN2O2. The lowest BCUT2D eigenvalue weighted by atomic mass is 9.96. The Kier molecular flexibility index (Phi) is 2.63. The normalized spacial score (nSPS) is 16.1. The van der Waals surface area contributed by atoms with Gasteiger partial charge >= 0.3 is 5.97 Å². The molecule has 1 aromatic rings. The molecule has 0 amide bonds. The molecule has 0 N–H and O–H groups in total. The highest BCUT2D eigenvalue weighted by Gasteiger charge is 2.23. The first-order valence-electron chi connectivity index (χ1n) is 4.46. The monoisotopic (exact) mass is 212 g/mol. The molecule has 1 aromatic heterocycles. The van der Waals surface area contributed by atoms with Gasteiger partial charge in [0.1, 0.15) is 6.10 Å². The van der Waals surface area contributed by atoms with Gasteiger partial charge in [0.2, 0.25) is 0 Å². The van der Waals surface area contributed by atoms with Crippen molar-refractivity contribution in [2.75, 3.05) is 0 Å². The number of hydrogen-bond donors (Lipinski definition) is 0. The largest absolute Gasteiger partial charge is 0.458 e. The highest BCUT2D eigenvalue weighted by Crippen LogP contribution is 2.22. The lowest BCUT2D eigenvalue weighted by molar-refractivity contribution is 0.00825. The van der Waals surface area contributed by atoms with Crippen molar-refractivity contribution < 1.29 is 9.53 Å². The number of nitrogens with zero attached hydrogens (tertiary/aromatic N) is 2. The molecule has 0 unspecified atom stereocenters. The van der Waals surface area contributed by atoms with E-state index in [9.17, 15) is 4.79 Å². The number of carbonyl (C=O) groups excluding carboxylic acids is 1. The lowest BCUT2D eigenvalue weighted by Gasteiger charge is -2.24. The van der Waals surface area contributed by atoms with Crippen LogP contribution in [0.1, 0.15) is 29.8 Å². The highest BCUT2D eigenvalue weighted by molar-refractivity contribution is 6.29. The Morgan fingerprint density at radius 1 is 1.43 bits per heavy atom. The number of ether oxygens (including phenoxy) is 1. The number of rotatable bonds is 2. The topological polar surface area (TPSA) is 52.1 Å². The van der Waals surface area contributed by atoms with Gasteiger partial charge in [0.25, 0.3) is 0 Å². The van der Waals surface area contributed by atoms with Gasteiger partial charge in [0.05, 0.1) is 0 Å². The van der Waals surface area contributed by atoms with Crippen LogP contribution in [0.15, 0.2) is 12.1 Å². The summed E-state index contributed by atoms with van der Waals surface area (Å²) in [6.45, 7) is 0. The molecule has 1 fully saturated rings. The van der Waals surface area contributed by atoms with Crippen LogP contribution in [0.25, 0.3) is 0 Å². The van der Waals surface area contributed by atoms with Crippen molar-refractivity contribution >= 4 is 17.6 Å². The van der Waals surface area contributed by atoms with E-state index in [0.29, 0.717) is 0 Å². The van der Waals surface area contributed by atoms with Gasteiger partial charge in [0, 0.05) is 0 Å². The van der Waals surface area contributed by atoms with Gasteiger partial charge in [-0.05, 0) is 31.4 Å². The molecule has 0 atom stereocenters. The number of hydrogen-bond acceptors (Lipinski definition) is 4. The number of aromatic nitrogens is 2. The highest BCUT2D eigenvalue weighted by atomic mass is 35.5. The molecule has 0 radical (unpaired) electrons. The third-order valence-electron chi connectivity index (χ3n) is 2.17. The quantitative estimate of drug-likeness (QED) is 0.702. The SMILES string of the molecule is O=C(OC1CCC1)c1ccc(Cl)nn1. The molecule has 2 rings (SSSR count). The summed E-state index contributed by atoms with van der Waals surface area (Å²) in [6.07, 6.45) is 3.10. The van der Waals surface area contributed by atoms with Gasteiger partial charge in [-0.3, -0.25) is 0 Å². The molecule has 1 saturated carbocycles. The molecule has 1 aliphatic rings. The Morgan fingerprint density at radius 2 is 2.21 bits per heavy atom. The maximum Gasteiger partial charge on any atom is 0.359 e. The second-order valence-electron chi connectivity index (χ2n) is 3.20. The van der Waals surface area contributed by atoms with Crippen molar-refractivity contribution in [2.24, 2.45) is 0 Å². The van der Waals surface area contributed by atoms with E-state index in [-0.39, 0.29) is 17.0 Å². The Morgan fingerprint density at radius 3 is 2.71 bits per heavy atom. The van der Waals surface area contributed by atoms with E-state index in [1.165, 1.54) is 12.1 Å². The van der Waals surface area contributed by atoms with Gasteiger partial charge in [-0.2, -0.15) is 0 Å². The first-order chi connectivity index (χ1) is 6.75. The zero-order valence-corrected chi connectivity index (χ0v) is 8.20. The number of esters is 1. The summed E-state index contributed by atoms with van der Waals surface area (Å²) in [5.41, 5.74) is 0.210. The average Bonchev–Trinajstić information content (AvgIpc) is 2.12. The van der Waals surface area contributed by atoms with E-state index >= 15 is 0 Å². The zero-order chi connectivity index (χ0) is 9.97. The first kappa shape index (κ1) is 9.40. The fourth-order valence-corrected chi connectivity index (χ4v) is 1.23. The molecule has 1 heterocycles. The second kappa shape index (κ2) is 3.92. The molecule has 14 heavy (non-hydrogen) atoms. The van der Waals surface area contributed by atoms with Gasteiger partial charge in [-0.25, -0.2) is 4.79 Å². The molecule has 0 aromatic carbocycles. The summed E-state index contributed by atoms with van der Waals surface area (Å²) in [5, 5.41) is 7.47. The predicted molar refractivity (Wildman–Crippen MR) is 50.1 cm³/mol. The third-order valence-corrected chi connectivity index (χ3v) is 2.37. The van der Waals surface area contributed by atoms with E-state index in [2.05, 4.69) is 10.2 Å². The fourth-order valence-electron chi connectivity index (χ4n) is 1.13. The van der Waals surface area contributed by atoms with Crippen molar-refractivity contribution in [3.63, 3.8) is 0 Å².